The minimum atomic E-state index is -2.84. The van der Waals surface area contributed by atoms with E-state index >= 15 is 0 Å². The summed E-state index contributed by atoms with van der Waals surface area (Å²) in [6, 6.07) is 5.99. The predicted molar refractivity (Wildman–Crippen MR) is 176 cm³/mol. The molecule has 47 heavy (non-hydrogen) atoms. The Kier molecular flexibility index (Phi) is 15.5. The van der Waals surface area contributed by atoms with Crippen molar-refractivity contribution in [2.24, 2.45) is 5.92 Å². The zero-order valence-corrected chi connectivity index (χ0v) is 28.4. The molecule has 3 rings (SSSR count). The molecule has 262 valence electrons. The molecule has 3 N–H and O–H groups in total. The second-order valence-corrected chi connectivity index (χ2v) is 13.2. The molecule has 1 aliphatic carbocycles. The molecule has 1 aliphatic heterocycles. The topological polar surface area (TPSA) is 134 Å². The van der Waals surface area contributed by atoms with Gasteiger partial charge >= 0.3 is 6.09 Å². The van der Waals surface area contributed by atoms with Gasteiger partial charge in [0.1, 0.15) is 17.7 Å². The molecule has 1 saturated heterocycles. The van der Waals surface area contributed by atoms with Crippen molar-refractivity contribution >= 4 is 29.6 Å². The van der Waals surface area contributed by atoms with E-state index < -0.39 is 78.0 Å². The van der Waals surface area contributed by atoms with Gasteiger partial charge in [-0.25, -0.2) is 13.6 Å². The van der Waals surface area contributed by atoms with E-state index in [-0.39, 0.29) is 32.4 Å². The molecule has 2 fully saturated rings. The van der Waals surface area contributed by atoms with Gasteiger partial charge in [0.15, 0.2) is 0 Å². The fourth-order valence-electron chi connectivity index (χ4n) is 5.60. The van der Waals surface area contributed by atoms with E-state index in [4.69, 9.17) is 4.74 Å². The number of carbonyl (C=O) groups excluding carboxylic acids is 5. The Morgan fingerprint density at radius 3 is 2.23 bits per heavy atom. The van der Waals surface area contributed by atoms with Gasteiger partial charge in [-0.1, -0.05) is 56.7 Å². The minimum absolute atomic E-state index is 0.0137. The lowest BCUT2D eigenvalue weighted by molar-refractivity contribution is -0.144. The van der Waals surface area contributed by atoms with Gasteiger partial charge in [0.25, 0.3) is 5.91 Å². The molecule has 2 aliphatic rings. The van der Waals surface area contributed by atoms with Crippen LogP contribution in [-0.4, -0.2) is 77.2 Å². The van der Waals surface area contributed by atoms with Gasteiger partial charge in [0, 0.05) is 25.9 Å². The first-order chi connectivity index (χ1) is 22.1. The Morgan fingerprint density at radius 2 is 1.66 bits per heavy atom. The van der Waals surface area contributed by atoms with Crippen molar-refractivity contribution in [3.8, 4) is 0 Å². The zero-order valence-electron chi connectivity index (χ0n) is 28.4. The predicted octanol–water partition coefficient (Wildman–Crippen LogP) is 5.10. The number of hydrogen-bond acceptors (Lipinski definition) is 6. The Labute approximate surface area is 277 Å². The first kappa shape index (κ1) is 39.3. The molecule has 0 aromatic heterocycles. The first-order valence-corrected chi connectivity index (χ1v) is 16.6. The third kappa shape index (κ3) is 13.1. The Balaban J connectivity index is 0.00000246. The number of alkyl carbamates (subject to hydrolysis) is 1. The third-order valence-electron chi connectivity index (χ3n) is 7.84. The summed E-state index contributed by atoms with van der Waals surface area (Å²) in [7, 11) is 0. The lowest BCUT2D eigenvalue weighted by Crippen LogP contribution is -2.58. The molecular weight excluding hydrogens is 610 g/mol. The highest BCUT2D eigenvalue weighted by atomic mass is 19.3. The SMILES string of the molecule is C=CCNC(=O)C(=O)C(CCc1ccccc1)NC(=O)C1CCCN1C(=O)C(NC(=O)OC(C)(C)C)C1CCC(F)(F)CC1.CCC. The van der Waals surface area contributed by atoms with E-state index in [2.05, 4.69) is 36.4 Å². The van der Waals surface area contributed by atoms with E-state index in [0.29, 0.717) is 19.3 Å². The molecule has 3 unspecified atom stereocenters. The van der Waals surface area contributed by atoms with Crippen molar-refractivity contribution in [2.45, 2.75) is 122 Å². The number of rotatable bonds is 12. The Morgan fingerprint density at radius 1 is 1.04 bits per heavy atom. The number of hydrogen-bond donors (Lipinski definition) is 3. The summed E-state index contributed by atoms with van der Waals surface area (Å²) in [5.74, 6) is -6.28. The third-order valence-corrected chi connectivity index (χ3v) is 7.84. The molecule has 3 atom stereocenters. The highest BCUT2D eigenvalue weighted by Gasteiger charge is 2.45. The van der Waals surface area contributed by atoms with Crippen molar-refractivity contribution < 1.29 is 37.5 Å². The summed E-state index contributed by atoms with van der Waals surface area (Å²) in [5.41, 5.74) is 0.0601. The van der Waals surface area contributed by atoms with Crippen LogP contribution in [-0.2, 0) is 30.3 Å². The standard InChI is InChI=1S/C32H44F2N4O6.C3H8/c1-5-19-35-28(41)26(39)23(14-13-21-10-7-6-8-11-21)36-27(40)24-12-9-20-38(24)29(42)25(37-30(43)44-31(2,3)4)22-15-17-32(33,34)18-16-22;1-3-2/h5-8,10-11,22-25H,1,9,12-20H2,2-4H3,(H,35,41)(H,36,40)(H,37,43);3H2,1-2H3. The number of aryl methyl sites for hydroxylation is 1. The molecule has 10 nitrogen and oxygen atoms in total. The molecule has 1 aromatic carbocycles. The summed E-state index contributed by atoms with van der Waals surface area (Å²) in [6.07, 6.45) is 2.35. The average molecular weight is 663 g/mol. The van der Waals surface area contributed by atoms with E-state index in [9.17, 15) is 32.8 Å². The number of Topliss-reactive ketones (excluding diaryl/α,β-unsaturated/α-hetero) is 1. The summed E-state index contributed by atoms with van der Waals surface area (Å²) in [4.78, 5) is 67.2. The normalized spacial score (nSPS) is 18.9. The zero-order chi connectivity index (χ0) is 35.2. The highest BCUT2D eigenvalue weighted by molar-refractivity contribution is 6.38. The summed E-state index contributed by atoms with van der Waals surface area (Å²) >= 11 is 0. The van der Waals surface area contributed by atoms with Crippen LogP contribution in [0.2, 0.25) is 0 Å². The fourth-order valence-corrected chi connectivity index (χ4v) is 5.60. The molecule has 1 heterocycles. The van der Waals surface area contributed by atoms with Crippen LogP contribution in [0.5, 0.6) is 0 Å². The van der Waals surface area contributed by atoms with Gasteiger partial charge in [-0.2, -0.15) is 0 Å². The van der Waals surface area contributed by atoms with Gasteiger partial charge in [-0.05, 0) is 70.8 Å². The number of ketones is 1. The smallest absolute Gasteiger partial charge is 0.408 e. The van der Waals surface area contributed by atoms with Crippen LogP contribution >= 0.6 is 0 Å². The Bertz CT molecular complexity index is 1210. The number of nitrogens with zero attached hydrogens (tertiary/aromatic N) is 1. The number of benzene rings is 1. The molecular formula is C35H52F2N4O6. The summed E-state index contributed by atoms with van der Waals surface area (Å²) < 4.78 is 33.3. The van der Waals surface area contributed by atoms with Gasteiger partial charge in [0.05, 0.1) is 6.04 Å². The van der Waals surface area contributed by atoms with E-state index in [0.717, 1.165) is 5.56 Å². The molecule has 4 amide bonds. The minimum Gasteiger partial charge on any atom is -0.444 e. The van der Waals surface area contributed by atoms with E-state index in [1.807, 2.05) is 30.3 Å². The summed E-state index contributed by atoms with van der Waals surface area (Å²) in [6.45, 7) is 13.1. The number of carbonyl (C=O) groups is 5. The first-order valence-electron chi connectivity index (χ1n) is 16.6. The van der Waals surface area contributed by atoms with E-state index in [1.165, 1.54) is 17.4 Å². The molecule has 1 saturated carbocycles. The number of nitrogens with one attached hydrogen (secondary N) is 3. The number of halogens is 2. The lowest BCUT2D eigenvalue weighted by atomic mass is 9.81. The maximum Gasteiger partial charge on any atom is 0.408 e. The van der Waals surface area contributed by atoms with Gasteiger partial charge < -0.3 is 25.6 Å². The van der Waals surface area contributed by atoms with Crippen molar-refractivity contribution in [1.82, 2.24) is 20.9 Å². The molecule has 12 heteroatoms. The van der Waals surface area contributed by atoms with Crippen molar-refractivity contribution in [2.75, 3.05) is 13.1 Å². The van der Waals surface area contributed by atoms with E-state index in [1.54, 1.807) is 20.8 Å². The number of alkyl halides is 2. The van der Waals surface area contributed by atoms with Crippen LogP contribution in [0.15, 0.2) is 43.0 Å². The molecule has 0 radical (unpaired) electrons. The van der Waals surface area contributed by atoms with Crippen molar-refractivity contribution in [1.29, 1.82) is 0 Å². The lowest BCUT2D eigenvalue weighted by Gasteiger charge is -2.36. The quantitative estimate of drug-likeness (QED) is 0.211. The van der Waals surface area contributed by atoms with Crippen LogP contribution in [0, 0.1) is 5.92 Å². The van der Waals surface area contributed by atoms with Crippen molar-refractivity contribution in [3.63, 3.8) is 0 Å². The van der Waals surface area contributed by atoms with Crippen LogP contribution < -0.4 is 16.0 Å². The highest BCUT2D eigenvalue weighted by Crippen LogP contribution is 2.38. The largest absolute Gasteiger partial charge is 0.444 e. The van der Waals surface area contributed by atoms with Gasteiger partial charge in [-0.3, -0.25) is 19.2 Å². The number of amides is 4. The van der Waals surface area contributed by atoms with Crippen LogP contribution in [0.25, 0.3) is 0 Å². The monoisotopic (exact) mass is 662 g/mol. The maximum atomic E-state index is 14.0. The number of ether oxygens (including phenoxy) is 1. The van der Waals surface area contributed by atoms with Crippen LogP contribution in [0.4, 0.5) is 13.6 Å². The fraction of sp³-hybridized carbons (Fsp3) is 0.629. The van der Waals surface area contributed by atoms with Crippen LogP contribution in [0.1, 0.15) is 91.5 Å². The second kappa shape index (κ2) is 18.5. The summed E-state index contributed by atoms with van der Waals surface area (Å²) in [5, 5.41) is 7.73. The maximum absolute atomic E-state index is 14.0. The molecule has 0 bridgehead atoms. The second-order valence-electron chi connectivity index (χ2n) is 13.2. The van der Waals surface area contributed by atoms with Crippen molar-refractivity contribution in [3.05, 3.63) is 48.6 Å². The molecule has 0 spiro atoms. The van der Waals surface area contributed by atoms with Gasteiger partial charge in [-0.15, -0.1) is 6.58 Å². The number of likely N-dealkylation sites (tertiary alicyclic amines) is 1. The van der Waals surface area contributed by atoms with Crippen LogP contribution in [0.3, 0.4) is 0 Å². The Hall–Kier alpha value is -3.83. The average Bonchev–Trinajstić information content (AvgIpc) is 3.50. The van der Waals surface area contributed by atoms with Gasteiger partial charge in [0.2, 0.25) is 23.5 Å². The molecule has 1 aromatic rings.